The maximum absolute atomic E-state index is 5.24. The van der Waals surface area contributed by atoms with Crippen LogP contribution in [0.3, 0.4) is 0 Å². The van der Waals surface area contributed by atoms with E-state index in [1.807, 2.05) is 0 Å². The molecule has 1 heterocycles. The van der Waals surface area contributed by atoms with Crippen LogP contribution in [0.2, 0.25) is 0 Å². The molecule has 2 aromatic carbocycles. The van der Waals surface area contributed by atoms with Crippen LogP contribution in [0.15, 0.2) is 60.7 Å². The van der Waals surface area contributed by atoms with E-state index in [0.29, 0.717) is 6.04 Å². The molecule has 3 nitrogen and oxygen atoms in total. The van der Waals surface area contributed by atoms with E-state index in [1.165, 1.54) is 30.6 Å². The van der Waals surface area contributed by atoms with E-state index < -0.39 is 0 Å². The van der Waals surface area contributed by atoms with E-state index in [-0.39, 0.29) is 0 Å². The summed E-state index contributed by atoms with van der Waals surface area (Å²) >= 11 is 0. The Bertz CT molecular complexity index is 688. The van der Waals surface area contributed by atoms with Gasteiger partial charge < -0.3 is 4.74 Å². The van der Waals surface area contributed by atoms with Crippen molar-refractivity contribution in [1.29, 1.82) is 0 Å². The Hall–Kier alpha value is -2.10. The van der Waals surface area contributed by atoms with Gasteiger partial charge in [0.05, 0.1) is 7.11 Å². The Kier molecular flexibility index (Phi) is 7.49. The number of hydrogen-bond acceptors (Lipinski definition) is 3. The minimum Gasteiger partial charge on any atom is -0.497 e. The SMILES string of the molecule is COc1ccc(CC[C@H](C)N2CCN(C/C=C/c3ccccc3)CC2)cc1. The van der Waals surface area contributed by atoms with E-state index in [1.54, 1.807) is 7.11 Å². The zero-order valence-corrected chi connectivity index (χ0v) is 16.7. The van der Waals surface area contributed by atoms with Crippen molar-refractivity contribution in [3.8, 4) is 5.75 Å². The molecule has 3 rings (SSSR count). The first-order valence-corrected chi connectivity index (χ1v) is 10.1. The van der Waals surface area contributed by atoms with Crippen LogP contribution in [0.5, 0.6) is 5.75 Å². The van der Waals surface area contributed by atoms with E-state index in [4.69, 9.17) is 4.74 Å². The molecular formula is C24H32N2O. The Labute approximate surface area is 164 Å². The van der Waals surface area contributed by atoms with Crippen LogP contribution in [0.1, 0.15) is 24.5 Å². The topological polar surface area (TPSA) is 15.7 Å². The zero-order chi connectivity index (χ0) is 18.9. The van der Waals surface area contributed by atoms with Crippen LogP contribution in [0.25, 0.3) is 6.08 Å². The van der Waals surface area contributed by atoms with Gasteiger partial charge in [0.2, 0.25) is 0 Å². The predicted octanol–water partition coefficient (Wildman–Crippen LogP) is 4.35. The number of rotatable bonds is 8. The van der Waals surface area contributed by atoms with Gasteiger partial charge in [-0.1, -0.05) is 54.6 Å². The molecule has 1 saturated heterocycles. The average Bonchev–Trinajstić information content (AvgIpc) is 2.73. The van der Waals surface area contributed by atoms with Crippen molar-refractivity contribution in [2.75, 3.05) is 39.8 Å². The van der Waals surface area contributed by atoms with Crippen LogP contribution in [-0.2, 0) is 6.42 Å². The fourth-order valence-corrected chi connectivity index (χ4v) is 3.64. The molecule has 3 heteroatoms. The van der Waals surface area contributed by atoms with Gasteiger partial charge in [0.1, 0.15) is 5.75 Å². The maximum Gasteiger partial charge on any atom is 0.118 e. The number of nitrogens with zero attached hydrogens (tertiary/aromatic N) is 2. The molecule has 0 N–H and O–H groups in total. The normalized spacial score (nSPS) is 17.3. The summed E-state index contributed by atoms with van der Waals surface area (Å²) in [5, 5.41) is 0. The molecule has 0 aliphatic carbocycles. The molecule has 0 spiro atoms. The van der Waals surface area contributed by atoms with Crippen LogP contribution < -0.4 is 4.74 Å². The summed E-state index contributed by atoms with van der Waals surface area (Å²) in [5.41, 5.74) is 2.68. The molecule has 27 heavy (non-hydrogen) atoms. The lowest BCUT2D eigenvalue weighted by molar-refractivity contribution is 0.106. The third kappa shape index (κ3) is 6.23. The average molecular weight is 365 g/mol. The first-order chi connectivity index (χ1) is 13.2. The Balaban J connectivity index is 1.37. The maximum atomic E-state index is 5.24. The van der Waals surface area contributed by atoms with Gasteiger partial charge in [-0.2, -0.15) is 0 Å². The lowest BCUT2D eigenvalue weighted by atomic mass is 10.0. The molecule has 144 valence electrons. The van der Waals surface area contributed by atoms with E-state index in [2.05, 4.69) is 83.5 Å². The van der Waals surface area contributed by atoms with Gasteiger partial charge in [-0.15, -0.1) is 0 Å². The van der Waals surface area contributed by atoms with Crippen molar-refractivity contribution in [2.24, 2.45) is 0 Å². The smallest absolute Gasteiger partial charge is 0.118 e. The van der Waals surface area contributed by atoms with Gasteiger partial charge in [0, 0.05) is 38.8 Å². The van der Waals surface area contributed by atoms with Gasteiger partial charge in [-0.05, 0) is 43.0 Å². The van der Waals surface area contributed by atoms with Crippen molar-refractivity contribution in [2.45, 2.75) is 25.8 Å². The fourth-order valence-electron chi connectivity index (χ4n) is 3.64. The standard InChI is InChI=1S/C24H32N2O/c1-21(10-11-23-12-14-24(27-2)15-13-23)26-19-17-25(18-20-26)16-6-9-22-7-4-3-5-8-22/h3-9,12-15,21H,10-11,16-20H2,1-2H3/b9-6+/t21-/m0/s1. The molecule has 0 saturated carbocycles. The van der Waals surface area contributed by atoms with Crippen molar-refractivity contribution < 1.29 is 4.74 Å². The van der Waals surface area contributed by atoms with Crippen LogP contribution in [0, 0.1) is 0 Å². The third-order valence-corrected chi connectivity index (χ3v) is 5.51. The zero-order valence-electron chi connectivity index (χ0n) is 16.7. The van der Waals surface area contributed by atoms with E-state index >= 15 is 0 Å². The molecule has 0 bridgehead atoms. The Morgan fingerprint density at radius 3 is 2.33 bits per heavy atom. The molecule has 0 radical (unpaired) electrons. The van der Waals surface area contributed by atoms with Gasteiger partial charge in [-0.25, -0.2) is 0 Å². The molecule has 0 amide bonds. The van der Waals surface area contributed by atoms with Gasteiger partial charge in [0.25, 0.3) is 0 Å². The Morgan fingerprint density at radius 2 is 1.67 bits per heavy atom. The lowest BCUT2D eigenvalue weighted by Gasteiger charge is -2.37. The molecule has 1 aliphatic rings. The molecular weight excluding hydrogens is 332 g/mol. The number of ether oxygens (including phenoxy) is 1. The highest BCUT2D eigenvalue weighted by atomic mass is 16.5. The lowest BCUT2D eigenvalue weighted by Crippen LogP contribution is -2.49. The number of methoxy groups -OCH3 is 1. The van der Waals surface area contributed by atoms with Crippen molar-refractivity contribution in [1.82, 2.24) is 9.80 Å². The summed E-state index contributed by atoms with van der Waals surface area (Å²) in [6, 6.07) is 19.7. The summed E-state index contributed by atoms with van der Waals surface area (Å²) in [6.45, 7) is 8.07. The molecule has 2 aromatic rings. The van der Waals surface area contributed by atoms with Gasteiger partial charge >= 0.3 is 0 Å². The third-order valence-electron chi connectivity index (χ3n) is 5.51. The molecule has 0 aromatic heterocycles. The predicted molar refractivity (Wildman–Crippen MR) is 114 cm³/mol. The molecule has 0 unspecified atom stereocenters. The number of benzene rings is 2. The monoisotopic (exact) mass is 364 g/mol. The van der Waals surface area contributed by atoms with Crippen molar-refractivity contribution in [3.63, 3.8) is 0 Å². The van der Waals surface area contributed by atoms with Gasteiger partial charge in [-0.3, -0.25) is 9.80 Å². The highest BCUT2D eigenvalue weighted by Gasteiger charge is 2.20. The number of aryl methyl sites for hydroxylation is 1. The van der Waals surface area contributed by atoms with E-state index in [0.717, 1.165) is 31.8 Å². The van der Waals surface area contributed by atoms with Crippen molar-refractivity contribution >= 4 is 6.08 Å². The van der Waals surface area contributed by atoms with E-state index in [9.17, 15) is 0 Å². The van der Waals surface area contributed by atoms with Crippen LogP contribution in [0.4, 0.5) is 0 Å². The number of piperazine rings is 1. The summed E-state index contributed by atoms with van der Waals surface area (Å²) in [4.78, 5) is 5.19. The van der Waals surface area contributed by atoms with Crippen molar-refractivity contribution in [3.05, 3.63) is 71.8 Å². The highest BCUT2D eigenvalue weighted by Crippen LogP contribution is 2.16. The minimum atomic E-state index is 0.633. The van der Waals surface area contributed by atoms with Crippen LogP contribution >= 0.6 is 0 Å². The fraction of sp³-hybridized carbons (Fsp3) is 0.417. The Morgan fingerprint density at radius 1 is 0.963 bits per heavy atom. The first-order valence-electron chi connectivity index (χ1n) is 10.1. The summed E-state index contributed by atoms with van der Waals surface area (Å²) < 4.78 is 5.24. The minimum absolute atomic E-state index is 0.633. The summed E-state index contributed by atoms with van der Waals surface area (Å²) in [5.74, 6) is 0.934. The van der Waals surface area contributed by atoms with Crippen LogP contribution in [-0.4, -0.2) is 55.7 Å². The second kappa shape index (κ2) is 10.3. The molecule has 1 fully saturated rings. The largest absolute Gasteiger partial charge is 0.497 e. The second-order valence-corrected chi connectivity index (χ2v) is 7.39. The number of hydrogen-bond donors (Lipinski definition) is 0. The highest BCUT2D eigenvalue weighted by molar-refractivity contribution is 5.48. The van der Waals surface area contributed by atoms with Gasteiger partial charge in [0.15, 0.2) is 0 Å². The molecule has 1 aliphatic heterocycles. The second-order valence-electron chi connectivity index (χ2n) is 7.39. The summed E-state index contributed by atoms with van der Waals surface area (Å²) in [6.07, 6.45) is 6.85. The summed E-state index contributed by atoms with van der Waals surface area (Å²) in [7, 11) is 1.72. The first kappa shape index (κ1) is 19.7. The molecule has 1 atom stereocenters. The quantitative estimate of drug-likeness (QED) is 0.693.